The summed E-state index contributed by atoms with van der Waals surface area (Å²) in [7, 11) is 0. The summed E-state index contributed by atoms with van der Waals surface area (Å²) in [5.74, 6) is 0.215. The van der Waals surface area contributed by atoms with Crippen molar-refractivity contribution in [3.8, 4) is 0 Å². The quantitative estimate of drug-likeness (QED) is 0.830. The van der Waals surface area contributed by atoms with Crippen molar-refractivity contribution >= 4 is 23.2 Å². The lowest BCUT2D eigenvalue weighted by Gasteiger charge is -2.24. The molecule has 1 aromatic carbocycles. The Morgan fingerprint density at radius 1 is 1.30 bits per heavy atom. The van der Waals surface area contributed by atoms with Gasteiger partial charge in [0.15, 0.2) is 0 Å². The number of nitrogens with one attached hydrogen (secondary N) is 1. The number of benzene rings is 1. The summed E-state index contributed by atoms with van der Waals surface area (Å²) in [5, 5.41) is 13.9. The van der Waals surface area contributed by atoms with Gasteiger partial charge in [-0.2, -0.15) is 0 Å². The van der Waals surface area contributed by atoms with Gasteiger partial charge in [-0.1, -0.05) is 38.3 Å². The van der Waals surface area contributed by atoms with Crippen molar-refractivity contribution in [3.05, 3.63) is 28.3 Å². The first-order chi connectivity index (χ1) is 9.56. The molecule has 2 N–H and O–H groups in total. The summed E-state index contributed by atoms with van der Waals surface area (Å²) in [5.41, 5.74) is 2.47. The molecule has 0 spiro atoms. The molecule has 20 heavy (non-hydrogen) atoms. The summed E-state index contributed by atoms with van der Waals surface area (Å²) < 4.78 is 0. The third-order valence-corrected chi connectivity index (χ3v) is 4.26. The molecule has 1 unspecified atom stereocenters. The van der Waals surface area contributed by atoms with Gasteiger partial charge in [-0.3, -0.25) is 4.79 Å². The summed E-state index contributed by atoms with van der Waals surface area (Å²) in [6, 6.07) is 3.65. The van der Waals surface area contributed by atoms with Gasteiger partial charge in [-0.05, 0) is 42.0 Å². The van der Waals surface area contributed by atoms with Crippen molar-refractivity contribution < 1.29 is 9.90 Å². The van der Waals surface area contributed by atoms with Gasteiger partial charge in [-0.15, -0.1) is 0 Å². The molecule has 1 aromatic rings. The van der Waals surface area contributed by atoms with Crippen molar-refractivity contribution in [2.24, 2.45) is 5.92 Å². The van der Waals surface area contributed by atoms with E-state index in [9.17, 15) is 9.90 Å². The van der Waals surface area contributed by atoms with Gasteiger partial charge in [0.2, 0.25) is 5.91 Å². The summed E-state index contributed by atoms with van der Waals surface area (Å²) in [4.78, 5) is 11.4. The lowest BCUT2D eigenvalue weighted by molar-refractivity contribution is -0.115. The number of hydrogen-bond donors (Lipinski definition) is 2. The molecule has 0 aromatic heterocycles. The molecule has 1 heterocycles. The molecule has 1 atom stereocenters. The fourth-order valence-corrected chi connectivity index (χ4v) is 3.22. The van der Waals surface area contributed by atoms with Gasteiger partial charge in [0.25, 0.3) is 0 Å². The van der Waals surface area contributed by atoms with Crippen LogP contribution < -0.4 is 5.32 Å². The molecule has 2 rings (SSSR count). The predicted octanol–water partition coefficient (Wildman–Crippen LogP) is 4.08. The fourth-order valence-electron chi connectivity index (χ4n) is 2.95. The van der Waals surface area contributed by atoms with Gasteiger partial charge in [0, 0.05) is 10.7 Å². The maximum Gasteiger partial charge on any atom is 0.228 e. The summed E-state index contributed by atoms with van der Waals surface area (Å²) in [6.45, 7) is 4.25. The van der Waals surface area contributed by atoms with Crippen LogP contribution in [-0.2, 0) is 11.2 Å². The molecule has 1 aliphatic heterocycles. The van der Waals surface area contributed by atoms with Crippen LogP contribution in [0.25, 0.3) is 0 Å². The number of aliphatic hydroxyl groups excluding tert-OH is 1. The van der Waals surface area contributed by atoms with E-state index >= 15 is 0 Å². The second kappa shape index (κ2) is 6.59. The highest BCUT2D eigenvalue weighted by molar-refractivity contribution is 6.32. The molecule has 0 radical (unpaired) electrons. The average Bonchev–Trinajstić information content (AvgIpc) is 2.76. The van der Waals surface area contributed by atoms with Gasteiger partial charge < -0.3 is 10.4 Å². The van der Waals surface area contributed by atoms with Crippen LogP contribution in [0.5, 0.6) is 0 Å². The Morgan fingerprint density at radius 2 is 1.95 bits per heavy atom. The Labute approximate surface area is 125 Å². The molecular formula is C16H22ClNO2. The molecular weight excluding hydrogens is 274 g/mol. The minimum absolute atomic E-state index is 0.0126. The van der Waals surface area contributed by atoms with Crippen molar-refractivity contribution in [1.82, 2.24) is 0 Å². The van der Waals surface area contributed by atoms with E-state index in [-0.39, 0.29) is 11.8 Å². The highest BCUT2D eigenvalue weighted by Crippen LogP contribution is 2.37. The van der Waals surface area contributed by atoms with E-state index in [1.54, 1.807) is 6.07 Å². The Hall–Kier alpha value is -1.06. The van der Waals surface area contributed by atoms with Crippen LogP contribution in [0.2, 0.25) is 5.02 Å². The number of carbonyl (C=O) groups excluding carboxylic acids is 1. The number of halogens is 1. The summed E-state index contributed by atoms with van der Waals surface area (Å²) >= 11 is 6.28. The van der Waals surface area contributed by atoms with Crippen LogP contribution in [0.15, 0.2) is 12.1 Å². The zero-order valence-corrected chi connectivity index (χ0v) is 12.8. The molecule has 0 bridgehead atoms. The van der Waals surface area contributed by atoms with Crippen LogP contribution >= 0.6 is 11.6 Å². The van der Waals surface area contributed by atoms with Crippen molar-refractivity contribution in [1.29, 1.82) is 0 Å². The Bertz CT molecular complexity index is 495. The molecule has 0 saturated heterocycles. The maximum absolute atomic E-state index is 11.4. The Balaban J connectivity index is 2.27. The van der Waals surface area contributed by atoms with Crippen molar-refractivity contribution in [2.75, 3.05) is 5.32 Å². The van der Waals surface area contributed by atoms with Gasteiger partial charge >= 0.3 is 0 Å². The molecule has 3 nitrogen and oxygen atoms in total. The molecule has 0 aliphatic carbocycles. The highest BCUT2D eigenvalue weighted by Gasteiger charge is 2.25. The van der Waals surface area contributed by atoms with Crippen LogP contribution in [0.4, 0.5) is 5.69 Å². The number of fused-ring (bicyclic) bond motifs is 1. The smallest absolute Gasteiger partial charge is 0.228 e. The second-order valence-electron chi connectivity index (χ2n) is 5.54. The zero-order chi connectivity index (χ0) is 14.7. The van der Waals surface area contributed by atoms with Crippen molar-refractivity contribution in [3.63, 3.8) is 0 Å². The molecule has 110 valence electrons. The normalized spacial score (nSPS) is 15.3. The van der Waals surface area contributed by atoms with E-state index in [1.165, 1.54) is 0 Å². The third-order valence-electron chi connectivity index (χ3n) is 3.93. The summed E-state index contributed by atoms with van der Waals surface area (Å²) in [6.07, 6.45) is 3.88. The van der Waals surface area contributed by atoms with E-state index in [1.807, 2.05) is 6.07 Å². The lowest BCUT2D eigenvalue weighted by atomic mass is 9.87. The number of carbonyl (C=O) groups is 1. The number of amides is 1. The Morgan fingerprint density at radius 3 is 2.55 bits per heavy atom. The monoisotopic (exact) mass is 295 g/mol. The fraction of sp³-hybridized carbons (Fsp3) is 0.562. The standard InChI is InChI=1S/C16H22ClNO2/c1-3-5-10(6-4-2)16(20)12-7-11-8-15(19)18-14(11)9-13(12)17/h7,9-10,16,20H,3-6,8H2,1-2H3,(H,18,19). The molecule has 0 saturated carbocycles. The number of rotatable bonds is 6. The van der Waals surface area contributed by atoms with Crippen molar-refractivity contribution in [2.45, 2.75) is 52.1 Å². The van der Waals surface area contributed by atoms with Crippen LogP contribution in [0, 0.1) is 5.92 Å². The third kappa shape index (κ3) is 3.15. The topological polar surface area (TPSA) is 49.3 Å². The van der Waals surface area contributed by atoms with E-state index in [0.717, 1.165) is 42.5 Å². The molecule has 1 aliphatic rings. The van der Waals surface area contributed by atoms with Gasteiger partial charge in [0.1, 0.15) is 0 Å². The van der Waals surface area contributed by atoms with Crippen LogP contribution in [0.3, 0.4) is 0 Å². The largest absolute Gasteiger partial charge is 0.388 e. The molecule has 4 heteroatoms. The number of anilines is 1. The van der Waals surface area contributed by atoms with Crippen LogP contribution in [0.1, 0.15) is 56.8 Å². The van der Waals surface area contributed by atoms with Gasteiger partial charge in [-0.25, -0.2) is 0 Å². The average molecular weight is 296 g/mol. The van der Waals surface area contributed by atoms with E-state index in [0.29, 0.717) is 11.4 Å². The minimum atomic E-state index is -0.552. The Kier molecular flexibility index (Phi) is 5.06. The zero-order valence-electron chi connectivity index (χ0n) is 12.1. The number of aliphatic hydroxyl groups is 1. The molecule has 1 amide bonds. The second-order valence-corrected chi connectivity index (χ2v) is 5.95. The van der Waals surface area contributed by atoms with E-state index in [2.05, 4.69) is 19.2 Å². The highest BCUT2D eigenvalue weighted by atomic mass is 35.5. The lowest BCUT2D eigenvalue weighted by Crippen LogP contribution is -2.13. The van der Waals surface area contributed by atoms with Crippen LogP contribution in [-0.4, -0.2) is 11.0 Å². The van der Waals surface area contributed by atoms with Gasteiger partial charge in [0.05, 0.1) is 12.5 Å². The number of hydrogen-bond acceptors (Lipinski definition) is 2. The van der Waals surface area contributed by atoms with E-state index in [4.69, 9.17) is 11.6 Å². The molecule has 0 fully saturated rings. The minimum Gasteiger partial charge on any atom is -0.388 e. The SMILES string of the molecule is CCCC(CCC)C(O)c1cc2c(cc1Cl)NC(=O)C2. The van der Waals surface area contributed by atoms with E-state index < -0.39 is 6.10 Å². The first kappa shape index (κ1) is 15.3. The first-order valence-corrected chi connectivity index (χ1v) is 7.74. The predicted molar refractivity (Wildman–Crippen MR) is 82.1 cm³/mol. The first-order valence-electron chi connectivity index (χ1n) is 7.37. The maximum atomic E-state index is 11.4.